The van der Waals surface area contributed by atoms with Crippen LogP contribution in [0.3, 0.4) is 0 Å². The van der Waals surface area contributed by atoms with E-state index in [4.69, 9.17) is 10.1 Å². The molecular weight excluding hydrogens is 388 g/mol. The molecule has 1 aliphatic rings. The van der Waals surface area contributed by atoms with Gasteiger partial charge in [0, 0.05) is 30.6 Å². The van der Waals surface area contributed by atoms with Crippen molar-refractivity contribution in [2.24, 2.45) is 0 Å². The first kappa shape index (κ1) is 21.2. The molecule has 162 valence electrons. The van der Waals surface area contributed by atoms with E-state index in [0.717, 1.165) is 36.6 Å². The molecule has 0 radical (unpaired) electrons. The Morgan fingerprint density at radius 2 is 1.94 bits per heavy atom. The fraction of sp³-hybridized carbons (Fsp3) is 0.440. The van der Waals surface area contributed by atoms with Gasteiger partial charge in [-0.1, -0.05) is 56.9 Å². The van der Waals surface area contributed by atoms with Gasteiger partial charge in [-0.2, -0.15) is 5.10 Å². The van der Waals surface area contributed by atoms with E-state index in [1.165, 1.54) is 32.1 Å². The number of hydrogen-bond donors (Lipinski definition) is 1. The van der Waals surface area contributed by atoms with Crippen molar-refractivity contribution in [3.8, 4) is 11.3 Å². The van der Waals surface area contributed by atoms with Crippen molar-refractivity contribution >= 4 is 5.97 Å². The molecule has 0 atom stereocenters. The fourth-order valence-electron chi connectivity index (χ4n) is 4.31. The van der Waals surface area contributed by atoms with Crippen LogP contribution in [0.2, 0.25) is 0 Å². The molecule has 1 aromatic carbocycles. The van der Waals surface area contributed by atoms with Crippen molar-refractivity contribution in [1.82, 2.24) is 19.7 Å². The Labute approximate surface area is 183 Å². The lowest BCUT2D eigenvalue weighted by Gasteiger charge is -2.18. The summed E-state index contributed by atoms with van der Waals surface area (Å²) in [6.07, 6.45) is 11.0. The Morgan fingerprint density at radius 1 is 1.13 bits per heavy atom. The van der Waals surface area contributed by atoms with Gasteiger partial charge in [-0.25, -0.2) is 14.5 Å². The molecule has 1 fully saturated rings. The summed E-state index contributed by atoms with van der Waals surface area (Å²) >= 11 is 0. The maximum Gasteiger partial charge on any atom is 0.336 e. The van der Waals surface area contributed by atoms with Gasteiger partial charge in [0.15, 0.2) is 5.82 Å². The lowest BCUT2D eigenvalue weighted by Crippen LogP contribution is -2.08. The summed E-state index contributed by atoms with van der Waals surface area (Å²) in [6, 6.07) is 10.9. The van der Waals surface area contributed by atoms with Gasteiger partial charge in [0.05, 0.1) is 11.3 Å². The minimum absolute atomic E-state index is 0.263. The molecule has 0 amide bonds. The van der Waals surface area contributed by atoms with E-state index in [1.807, 2.05) is 24.4 Å². The number of pyridine rings is 1. The van der Waals surface area contributed by atoms with Gasteiger partial charge in [-0.05, 0) is 37.0 Å². The van der Waals surface area contributed by atoms with Gasteiger partial charge in [0.1, 0.15) is 5.82 Å². The van der Waals surface area contributed by atoms with E-state index in [1.54, 1.807) is 18.2 Å². The van der Waals surface area contributed by atoms with E-state index < -0.39 is 5.97 Å². The zero-order valence-electron chi connectivity index (χ0n) is 18.1. The number of carbonyl (C=O) groups is 1. The number of carboxylic acid groups (broad SMARTS) is 1. The summed E-state index contributed by atoms with van der Waals surface area (Å²) in [5.74, 6) is 1.55. The van der Waals surface area contributed by atoms with Crippen molar-refractivity contribution in [2.75, 3.05) is 0 Å². The summed E-state index contributed by atoms with van der Waals surface area (Å²) in [5.41, 5.74) is 2.61. The van der Waals surface area contributed by atoms with E-state index in [9.17, 15) is 9.90 Å². The van der Waals surface area contributed by atoms with E-state index in [2.05, 4.69) is 16.6 Å². The molecule has 1 N–H and O–H groups in total. The molecule has 0 spiro atoms. The highest BCUT2D eigenvalue weighted by Gasteiger charge is 2.22. The highest BCUT2D eigenvalue weighted by molar-refractivity contribution is 5.95. The Balaban J connectivity index is 1.56. The number of carboxylic acids is 1. The first-order valence-electron chi connectivity index (χ1n) is 11.4. The summed E-state index contributed by atoms with van der Waals surface area (Å²) in [6.45, 7) is 3.08. The number of aromatic carboxylic acids is 1. The molecule has 0 bridgehead atoms. The third kappa shape index (κ3) is 5.01. The van der Waals surface area contributed by atoms with Crippen molar-refractivity contribution in [1.29, 1.82) is 0 Å². The average molecular weight is 419 g/mol. The molecule has 3 aromatic rings. The maximum atomic E-state index is 11.5. The lowest BCUT2D eigenvalue weighted by molar-refractivity contribution is 0.0697. The van der Waals surface area contributed by atoms with Crippen molar-refractivity contribution in [3.63, 3.8) is 0 Å². The molecule has 0 saturated heterocycles. The minimum Gasteiger partial charge on any atom is -0.478 e. The number of hydrogen-bond acceptors (Lipinski definition) is 4. The summed E-state index contributed by atoms with van der Waals surface area (Å²) in [4.78, 5) is 21.0. The van der Waals surface area contributed by atoms with Gasteiger partial charge < -0.3 is 5.11 Å². The second kappa shape index (κ2) is 9.86. The molecule has 31 heavy (non-hydrogen) atoms. The topological polar surface area (TPSA) is 80.9 Å². The number of nitrogens with zero attached hydrogens (tertiary/aromatic N) is 4. The molecule has 6 nitrogen and oxygen atoms in total. The van der Waals surface area contributed by atoms with E-state index >= 15 is 0 Å². The predicted molar refractivity (Wildman–Crippen MR) is 120 cm³/mol. The van der Waals surface area contributed by atoms with Gasteiger partial charge in [-0.15, -0.1) is 0 Å². The average Bonchev–Trinajstić information content (AvgIpc) is 3.21. The highest BCUT2D eigenvalue weighted by Crippen LogP contribution is 2.31. The lowest BCUT2D eigenvalue weighted by atomic mass is 9.89. The normalized spacial score (nSPS) is 14.6. The largest absolute Gasteiger partial charge is 0.478 e. The van der Waals surface area contributed by atoms with Crippen LogP contribution in [0.15, 0.2) is 42.6 Å². The number of unbranched alkanes of at least 4 members (excludes halogenated alkanes) is 1. The van der Waals surface area contributed by atoms with Gasteiger partial charge >= 0.3 is 5.97 Å². The minimum atomic E-state index is -0.944. The van der Waals surface area contributed by atoms with Crippen LogP contribution >= 0.6 is 0 Å². The van der Waals surface area contributed by atoms with Crippen LogP contribution in [-0.2, 0) is 13.0 Å². The monoisotopic (exact) mass is 418 g/mol. The SMILES string of the molecule is CCCCn1nc(C2CCCCC2)nc1Cc1ccc(-c2ccccc2C(=O)O)nc1. The first-order chi connectivity index (χ1) is 15.2. The van der Waals surface area contributed by atoms with Crippen molar-refractivity contribution in [3.05, 3.63) is 65.4 Å². The summed E-state index contributed by atoms with van der Waals surface area (Å²) in [5, 5.41) is 14.3. The van der Waals surface area contributed by atoms with Gasteiger partial charge in [0.25, 0.3) is 0 Å². The molecule has 2 aromatic heterocycles. The first-order valence-corrected chi connectivity index (χ1v) is 11.4. The Morgan fingerprint density at radius 3 is 2.65 bits per heavy atom. The van der Waals surface area contributed by atoms with Crippen LogP contribution in [0.25, 0.3) is 11.3 Å². The van der Waals surface area contributed by atoms with Crippen LogP contribution in [0, 0.1) is 0 Å². The fourth-order valence-corrected chi connectivity index (χ4v) is 4.31. The molecule has 1 saturated carbocycles. The molecule has 1 aliphatic carbocycles. The Kier molecular flexibility index (Phi) is 6.75. The molecule has 6 heteroatoms. The smallest absolute Gasteiger partial charge is 0.336 e. The van der Waals surface area contributed by atoms with Crippen LogP contribution < -0.4 is 0 Å². The van der Waals surface area contributed by atoms with Crippen LogP contribution in [0.1, 0.15) is 85.4 Å². The van der Waals surface area contributed by atoms with Crippen LogP contribution in [0.5, 0.6) is 0 Å². The summed E-state index contributed by atoms with van der Waals surface area (Å²) < 4.78 is 2.08. The quantitative estimate of drug-likeness (QED) is 0.524. The molecule has 2 heterocycles. The van der Waals surface area contributed by atoms with Crippen molar-refractivity contribution in [2.45, 2.75) is 70.8 Å². The van der Waals surface area contributed by atoms with Crippen molar-refractivity contribution < 1.29 is 9.90 Å². The zero-order chi connectivity index (χ0) is 21.6. The third-order valence-electron chi connectivity index (χ3n) is 6.08. The number of rotatable bonds is 8. The van der Waals surface area contributed by atoms with Crippen LogP contribution in [-0.4, -0.2) is 30.8 Å². The van der Waals surface area contributed by atoms with E-state index in [0.29, 0.717) is 23.6 Å². The Hall–Kier alpha value is -3.02. The maximum absolute atomic E-state index is 11.5. The second-order valence-electron chi connectivity index (χ2n) is 8.38. The van der Waals surface area contributed by atoms with Crippen LogP contribution in [0.4, 0.5) is 0 Å². The standard InChI is InChI=1S/C25H30N4O2/c1-2-3-15-29-23(27-24(28-29)19-9-5-4-6-10-19)16-18-13-14-22(26-17-18)20-11-7-8-12-21(20)25(30)31/h7-8,11-14,17,19H,2-6,9-10,15-16H2,1H3,(H,30,31). The second-order valence-corrected chi connectivity index (χ2v) is 8.38. The van der Waals surface area contributed by atoms with E-state index in [-0.39, 0.29) is 5.56 Å². The predicted octanol–water partition coefficient (Wildman–Crippen LogP) is 5.48. The molecule has 0 aliphatic heterocycles. The zero-order valence-corrected chi connectivity index (χ0v) is 18.1. The summed E-state index contributed by atoms with van der Waals surface area (Å²) in [7, 11) is 0. The van der Waals surface area contributed by atoms with Gasteiger partial charge in [-0.3, -0.25) is 4.98 Å². The number of aromatic nitrogens is 4. The highest BCUT2D eigenvalue weighted by atomic mass is 16.4. The van der Waals surface area contributed by atoms with Gasteiger partial charge in [0.2, 0.25) is 0 Å². The number of benzene rings is 1. The Bertz CT molecular complexity index is 1020. The molecule has 0 unspecified atom stereocenters. The molecular formula is C25H30N4O2. The molecule has 4 rings (SSSR count). The number of aryl methyl sites for hydroxylation is 1. The third-order valence-corrected chi connectivity index (χ3v) is 6.08.